The second-order valence-corrected chi connectivity index (χ2v) is 5.55. The molecule has 1 atom stereocenters. The second-order valence-electron chi connectivity index (χ2n) is 4.05. The summed E-state index contributed by atoms with van der Waals surface area (Å²) in [4.78, 5) is 2.62. The van der Waals surface area contributed by atoms with E-state index in [4.69, 9.17) is 5.73 Å². The van der Waals surface area contributed by atoms with Gasteiger partial charge in [0.25, 0.3) is 0 Å². The molecule has 0 spiro atoms. The average molecular weight is 210 g/mol. The Kier molecular flexibility index (Phi) is 3.61. The van der Waals surface area contributed by atoms with Crippen molar-refractivity contribution in [3.63, 3.8) is 0 Å². The van der Waals surface area contributed by atoms with Gasteiger partial charge in [0.1, 0.15) is 0 Å². The molecule has 2 nitrogen and oxygen atoms in total. The summed E-state index contributed by atoms with van der Waals surface area (Å²) in [6.45, 7) is 2.56. The molecule has 14 heavy (non-hydrogen) atoms. The van der Waals surface area contributed by atoms with Crippen LogP contribution in [0.3, 0.4) is 0 Å². The highest BCUT2D eigenvalue weighted by atomic mass is 31.1. The molecule has 1 unspecified atom stereocenters. The first-order valence-corrected chi connectivity index (χ1v) is 6.83. The van der Waals surface area contributed by atoms with Crippen LogP contribution < -0.4 is 5.73 Å². The van der Waals surface area contributed by atoms with Crippen molar-refractivity contribution in [1.82, 2.24) is 4.90 Å². The van der Waals surface area contributed by atoms with Crippen LogP contribution in [0.4, 0.5) is 0 Å². The van der Waals surface area contributed by atoms with Crippen molar-refractivity contribution in [1.29, 1.82) is 0 Å². The molecule has 0 aromatic rings. The summed E-state index contributed by atoms with van der Waals surface area (Å²) in [5.41, 5.74) is 6.96. The van der Waals surface area contributed by atoms with E-state index in [-0.39, 0.29) is 0 Å². The molecule has 3 heteroatoms. The van der Waals surface area contributed by atoms with Crippen molar-refractivity contribution in [3.8, 4) is 0 Å². The maximum absolute atomic E-state index is 5.92. The zero-order chi connectivity index (χ0) is 9.80. The quantitative estimate of drug-likeness (QED) is 0.665. The Morgan fingerprint density at radius 3 is 2.93 bits per heavy atom. The smallest absolute Gasteiger partial charge is 0.0185 e. The van der Waals surface area contributed by atoms with Crippen LogP contribution in [0.15, 0.2) is 23.9 Å². The summed E-state index contributed by atoms with van der Waals surface area (Å²) < 4.78 is 0. The summed E-state index contributed by atoms with van der Waals surface area (Å²) in [7, 11) is 1.19. The lowest BCUT2D eigenvalue weighted by molar-refractivity contribution is 0.214. The molecular weight excluding hydrogens is 191 g/mol. The number of nitrogens with zero attached hydrogens (tertiary/aromatic N) is 1. The van der Waals surface area contributed by atoms with E-state index in [1.54, 1.807) is 0 Å². The molecule has 1 heterocycles. The lowest BCUT2D eigenvalue weighted by Gasteiger charge is -2.33. The Labute approximate surface area is 88.0 Å². The van der Waals surface area contributed by atoms with Gasteiger partial charge in [-0.2, -0.15) is 0 Å². The van der Waals surface area contributed by atoms with Crippen LogP contribution in [-0.4, -0.2) is 36.4 Å². The van der Waals surface area contributed by atoms with E-state index in [0.29, 0.717) is 6.04 Å². The minimum atomic E-state index is 0.662. The predicted molar refractivity (Wildman–Crippen MR) is 64.1 cm³/mol. The van der Waals surface area contributed by atoms with Crippen molar-refractivity contribution < 1.29 is 0 Å². The minimum Gasteiger partial charge on any atom is -0.402 e. The fourth-order valence-corrected chi connectivity index (χ4v) is 3.32. The van der Waals surface area contributed by atoms with Gasteiger partial charge in [0.2, 0.25) is 0 Å². The van der Waals surface area contributed by atoms with E-state index in [0.717, 1.165) is 12.1 Å². The van der Waals surface area contributed by atoms with Crippen molar-refractivity contribution in [2.45, 2.75) is 18.9 Å². The summed E-state index contributed by atoms with van der Waals surface area (Å²) in [5, 5.41) is 0. The van der Waals surface area contributed by atoms with Crippen LogP contribution in [0.1, 0.15) is 12.8 Å². The Morgan fingerprint density at radius 1 is 1.36 bits per heavy atom. The molecule has 1 aliphatic carbocycles. The number of nitrogens with two attached hydrogens (primary N) is 1. The van der Waals surface area contributed by atoms with Gasteiger partial charge in [-0.05, 0) is 24.8 Å². The van der Waals surface area contributed by atoms with Gasteiger partial charge in [0.05, 0.1) is 0 Å². The molecule has 2 aliphatic rings. The Hall–Kier alpha value is -0.330. The normalized spacial score (nSPS) is 29.7. The summed E-state index contributed by atoms with van der Waals surface area (Å²) in [6, 6.07) is 0.662. The van der Waals surface area contributed by atoms with Crippen LogP contribution in [0.2, 0.25) is 0 Å². The highest BCUT2D eigenvalue weighted by Gasteiger charge is 2.20. The van der Waals surface area contributed by atoms with Crippen LogP contribution in [0, 0.1) is 0 Å². The Balaban J connectivity index is 1.95. The van der Waals surface area contributed by atoms with Crippen LogP contribution >= 0.6 is 8.58 Å². The monoisotopic (exact) mass is 210 g/mol. The van der Waals surface area contributed by atoms with E-state index in [2.05, 4.69) is 17.1 Å². The Bertz CT molecular complexity index is 242. The molecule has 78 valence electrons. The molecule has 0 bridgehead atoms. The van der Waals surface area contributed by atoms with Gasteiger partial charge >= 0.3 is 0 Å². The summed E-state index contributed by atoms with van der Waals surface area (Å²) in [5.74, 6) is 0. The van der Waals surface area contributed by atoms with Crippen molar-refractivity contribution in [2.24, 2.45) is 5.73 Å². The largest absolute Gasteiger partial charge is 0.402 e. The molecule has 0 aromatic heterocycles. The second kappa shape index (κ2) is 4.95. The molecular formula is C11H19N2P. The fraction of sp³-hybridized carbons (Fsp3) is 0.636. The summed E-state index contributed by atoms with van der Waals surface area (Å²) in [6.07, 6.45) is 11.4. The zero-order valence-electron chi connectivity index (χ0n) is 8.58. The van der Waals surface area contributed by atoms with Crippen LogP contribution in [0.5, 0.6) is 0 Å². The van der Waals surface area contributed by atoms with Gasteiger partial charge in [0.15, 0.2) is 0 Å². The lowest BCUT2D eigenvalue weighted by atomic mass is 10.1. The molecule has 0 aromatic carbocycles. The molecule has 1 saturated heterocycles. The maximum atomic E-state index is 5.92. The predicted octanol–water partition coefficient (Wildman–Crippen LogP) is 1.54. The standard InChI is InChI=1S/C11H19N2P/c12-10-3-1-2-4-11(9-10)13-5-7-14-8-6-13/h1-3,11,14H,4-9,12H2. The average Bonchev–Trinajstić information content (AvgIpc) is 2.44. The first-order valence-electron chi connectivity index (χ1n) is 5.42. The van der Waals surface area contributed by atoms with Crippen LogP contribution in [0.25, 0.3) is 0 Å². The molecule has 0 radical (unpaired) electrons. The lowest BCUT2D eigenvalue weighted by Crippen LogP contribution is -2.41. The topological polar surface area (TPSA) is 29.3 Å². The summed E-state index contributed by atoms with van der Waals surface area (Å²) >= 11 is 0. The number of hydrogen-bond acceptors (Lipinski definition) is 2. The fourth-order valence-electron chi connectivity index (χ4n) is 2.18. The first-order chi connectivity index (χ1) is 6.86. The minimum absolute atomic E-state index is 0.662. The van der Waals surface area contributed by atoms with E-state index >= 15 is 0 Å². The number of hydrogen-bond donors (Lipinski definition) is 1. The van der Waals surface area contributed by atoms with Gasteiger partial charge < -0.3 is 5.73 Å². The third-order valence-electron chi connectivity index (χ3n) is 2.99. The van der Waals surface area contributed by atoms with E-state index < -0.39 is 0 Å². The number of allylic oxidation sites excluding steroid dienone is 2. The molecule has 0 saturated carbocycles. The maximum Gasteiger partial charge on any atom is 0.0185 e. The Morgan fingerprint density at radius 2 is 2.14 bits per heavy atom. The molecule has 2 rings (SSSR count). The van der Waals surface area contributed by atoms with Crippen molar-refractivity contribution >= 4 is 8.58 Å². The van der Waals surface area contributed by atoms with Gasteiger partial charge in [-0.15, -0.1) is 8.58 Å². The van der Waals surface area contributed by atoms with Crippen LogP contribution in [-0.2, 0) is 0 Å². The molecule has 1 aliphatic heterocycles. The zero-order valence-corrected chi connectivity index (χ0v) is 9.58. The molecule has 1 fully saturated rings. The van der Waals surface area contributed by atoms with Gasteiger partial charge in [0, 0.05) is 31.2 Å². The highest BCUT2D eigenvalue weighted by molar-refractivity contribution is 7.38. The van der Waals surface area contributed by atoms with Crippen molar-refractivity contribution in [3.05, 3.63) is 23.9 Å². The van der Waals surface area contributed by atoms with E-state index in [1.807, 2.05) is 6.08 Å². The van der Waals surface area contributed by atoms with Gasteiger partial charge in [-0.25, -0.2) is 0 Å². The van der Waals surface area contributed by atoms with Crippen molar-refractivity contribution in [2.75, 3.05) is 25.4 Å². The van der Waals surface area contributed by atoms with Gasteiger partial charge in [-0.1, -0.05) is 12.2 Å². The highest BCUT2D eigenvalue weighted by Crippen LogP contribution is 2.22. The third-order valence-corrected chi connectivity index (χ3v) is 4.15. The van der Waals surface area contributed by atoms with Gasteiger partial charge in [-0.3, -0.25) is 4.90 Å². The number of rotatable bonds is 1. The van der Waals surface area contributed by atoms with E-state index in [9.17, 15) is 0 Å². The first kappa shape index (κ1) is 10.2. The van der Waals surface area contributed by atoms with E-state index in [1.165, 1.54) is 40.4 Å². The third kappa shape index (κ3) is 2.59. The SMILES string of the molecule is NC1=CC=CCC(N2CCPCC2)C1. The molecule has 2 N–H and O–H groups in total. The molecule has 0 amide bonds.